The van der Waals surface area contributed by atoms with Crippen molar-refractivity contribution >= 4 is 11.8 Å². The van der Waals surface area contributed by atoms with Crippen molar-refractivity contribution in [2.24, 2.45) is 0 Å². The summed E-state index contributed by atoms with van der Waals surface area (Å²) >= 11 is 0. The fourth-order valence-corrected chi connectivity index (χ4v) is 1.80. The van der Waals surface area contributed by atoms with E-state index in [4.69, 9.17) is 0 Å². The molecule has 0 atom stereocenters. The maximum absolute atomic E-state index is 12.2. The monoisotopic (exact) mass is 266 g/mol. The SMILES string of the molecule is Cc1n[nH]c(C)c1C(=O)N(C)CC(=O)NC(C)(C)C. The van der Waals surface area contributed by atoms with Gasteiger partial charge in [-0.1, -0.05) is 0 Å². The lowest BCUT2D eigenvalue weighted by Gasteiger charge is -2.23. The Morgan fingerprint density at radius 3 is 2.32 bits per heavy atom. The summed E-state index contributed by atoms with van der Waals surface area (Å²) < 4.78 is 0. The number of aryl methyl sites for hydroxylation is 2. The van der Waals surface area contributed by atoms with Crippen LogP contribution in [0, 0.1) is 13.8 Å². The number of rotatable bonds is 3. The van der Waals surface area contributed by atoms with Crippen LogP contribution < -0.4 is 5.32 Å². The van der Waals surface area contributed by atoms with E-state index in [-0.39, 0.29) is 23.9 Å². The van der Waals surface area contributed by atoms with Crippen molar-refractivity contribution in [3.05, 3.63) is 17.0 Å². The van der Waals surface area contributed by atoms with Crippen LogP contribution in [0.2, 0.25) is 0 Å². The van der Waals surface area contributed by atoms with Gasteiger partial charge in [0.15, 0.2) is 0 Å². The summed E-state index contributed by atoms with van der Waals surface area (Å²) in [5.74, 6) is -0.380. The molecule has 0 saturated carbocycles. The lowest BCUT2D eigenvalue weighted by atomic mass is 10.1. The molecule has 0 saturated heterocycles. The van der Waals surface area contributed by atoms with Gasteiger partial charge in [0.1, 0.15) is 0 Å². The number of nitrogens with zero attached hydrogens (tertiary/aromatic N) is 2. The van der Waals surface area contributed by atoms with E-state index in [1.807, 2.05) is 20.8 Å². The Balaban J connectivity index is 2.72. The first-order valence-electron chi connectivity index (χ1n) is 6.20. The molecule has 0 fully saturated rings. The smallest absolute Gasteiger partial charge is 0.257 e. The number of amides is 2. The van der Waals surface area contributed by atoms with Gasteiger partial charge in [0, 0.05) is 18.3 Å². The minimum absolute atomic E-state index is 0.0279. The Bertz CT molecular complexity index is 466. The van der Waals surface area contributed by atoms with E-state index in [0.717, 1.165) is 0 Å². The van der Waals surface area contributed by atoms with Gasteiger partial charge in [-0.25, -0.2) is 0 Å². The highest BCUT2D eigenvalue weighted by atomic mass is 16.2. The Morgan fingerprint density at radius 1 is 1.32 bits per heavy atom. The summed E-state index contributed by atoms with van der Waals surface area (Å²) in [5, 5.41) is 9.57. The minimum Gasteiger partial charge on any atom is -0.350 e. The minimum atomic E-state index is -0.303. The molecule has 1 rings (SSSR count). The summed E-state index contributed by atoms with van der Waals surface area (Å²) in [5.41, 5.74) is 1.59. The highest BCUT2D eigenvalue weighted by Gasteiger charge is 2.22. The van der Waals surface area contributed by atoms with Gasteiger partial charge >= 0.3 is 0 Å². The molecular formula is C13H22N4O2. The van der Waals surface area contributed by atoms with Crippen molar-refractivity contribution in [2.45, 2.75) is 40.2 Å². The first-order chi connectivity index (χ1) is 8.61. The summed E-state index contributed by atoms with van der Waals surface area (Å²) in [6.07, 6.45) is 0. The third kappa shape index (κ3) is 4.08. The molecule has 0 unspecified atom stereocenters. The number of aromatic amines is 1. The van der Waals surface area contributed by atoms with Crippen molar-refractivity contribution in [1.29, 1.82) is 0 Å². The Morgan fingerprint density at radius 2 is 1.89 bits per heavy atom. The van der Waals surface area contributed by atoms with Crippen molar-refractivity contribution < 1.29 is 9.59 Å². The van der Waals surface area contributed by atoms with Gasteiger partial charge in [-0.15, -0.1) is 0 Å². The molecule has 6 nitrogen and oxygen atoms in total. The number of hydrogen-bond donors (Lipinski definition) is 2. The van der Waals surface area contributed by atoms with E-state index in [9.17, 15) is 9.59 Å². The molecule has 0 aliphatic carbocycles. The molecule has 0 radical (unpaired) electrons. The molecule has 1 heterocycles. The van der Waals surface area contributed by atoms with Crippen LogP contribution in [0.25, 0.3) is 0 Å². The van der Waals surface area contributed by atoms with Crippen molar-refractivity contribution in [1.82, 2.24) is 20.4 Å². The third-order valence-electron chi connectivity index (χ3n) is 2.58. The van der Waals surface area contributed by atoms with Gasteiger partial charge in [-0.3, -0.25) is 14.7 Å². The van der Waals surface area contributed by atoms with Crippen molar-refractivity contribution in [3.63, 3.8) is 0 Å². The summed E-state index contributed by atoms with van der Waals surface area (Å²) in [6.45, 7) is 9.28. The second kappa shape index (κ2) is 5.42. The van der Waals surface area contributed by atoms with E-state index >= 15 is 0 Å². The van der Waals surface area contributed by atoms with Crippen LogP contribution in [0.4, 0.5) is 0 Å². The van der Waals surface area contributed by atoms with Gasteiger partial charge in [-0.2, -0.15) is 5.10 Å². The van der Waals surface area contributed by atoms with Gasteiger partial charge in [0.2, 0.25) is 5.91 Å². The maximum Gasteiger partial charge on any atom is 0.257 e. The molecule has 2 N–H and O–H groups in total. The molecule has 106 valence electrons. The van der Waals surface area contributed by atoms with Crippen molar-refractivity contribution in [2.75, 3.05) is 13.6 Å². The summed E-state index contributed by atoms with van der Waals surface area (Å²) in [6, 6.07) is 0. The van der Waals surface area contributed by atoms with E-state index in [1.165, 1.54) is 4.90 Å². The molecule has 19 heavy (non-hydrogen) atoms. The molecule has 2 amide bonds. The average molecular weight is 266 g/mol. The molecule has 6 heteroatoms. The largest absolute Gasteiger partial charge is 0.350 e. The van der Waals surface area contributed by atoms with E-state index in [0.29, 0.717) is 17.0 Å². The number of H-pyrrole nitrogens is 1. The fourth-order valence-electron chi connectivity index (χ4n) is 1.80. The molecule has 1 aromatic heterocycles. The van der Waals surface area contributed by atoms with Crippen LogP contribution in [0.1, 0.15) is 42.5 Å². The first-order valence-corrected chi connectivity index (χ1v) is 6.20. The number of carbonyl (C=O) groups excluding carboxylic acids is 2. The highest BCUT2D eigenvalue weighted by Crippen LogP contribution is 2.11. The Hall–Kier alpha value is -1.85. The van der Waals surface area contributed by atoms with Crippen LogP contribution in [-0.2, 0) is 4.79 Å². The number of likely N-dealkylation sites (N-methyl/N-ethyl adjacent to an activating group) is 1. The summed E-state index contributed by atoms with van der Waals surface area (Å²) in [4.78, 5) is 25.4. The van der Waals surface area contributed by atoms with Crippen LogP contribution in [0.5, 0.6) is 0 Å². The number of aromatic nitrogens is 2. The standard InChI is InChI=1S/C13H22N4O2/c1-8-11(9(2)16-15-8)12(19)17(6)7-10(18)14-13(3,4)5/h7H2,1-6H3,(H,14,18)(H,15,16). The zero-order valence-electron chi connectivity index (χ0n) is 12.4. The second-order valence-electron chi connectivity index (χ2n) is 5.77. The lowest BCUT2D eigenvalue weighted by Crippen LogP contribution is -2.46. The zero-order valence-corrected chi connectivity index (χ0v) is 12.4. The molecule has 0 spiro atoms. The average Bonchev–Trinajstić information content (AvgIpc) is 2.54. The van der Waals surface area contributed by atoms with Crippen LogP contribution in [0.3, 0.4) is 0 Å². The molecule has 0 aliphatic heterocycles. The van der Waals surface area contributed by atoms with Gasteiger partial charge in [-0.05, 0) is 34.6 Å². The zero-order chi connectivity index (χ0) is 14.8. The van der Waals surface area contributed by atoms with E-state index in [1.54, 1.807) is 20.9 Å². The lowest BCUT2D eigenvalue weighted by molar-refractivity contribution is -0.122. The first kappa shape index (κ1) is 15.2. The Labute approximate surface area is 113 Å². The van der Waals surface area contributed by atoms with Crippen molar-refractivity contribution in [3.8, 4) is 0 Å². The number of nitrogens with one attached hydrogen (secondary N) is 2. The molecule has 0 aromatic carbocycles. The van der Waals surface area contributed by atoms with Gasteiger partial charge in [0.25, 0.3) is 5.91 Å². The van der Waals surface area contributed by atoms with E-state index in [2.05, 4.69) is 15.5 Å². The van der Waals surface area contributed by atoms with Gasteiger partial charge < -0.3 is 10.2 Å². The van der Waals surface area contributed by atoms with Crippen LogP contribution >= 0.6 is 0 Å². The van der Waals surface area contributed by atoms with Crippen LogP contribution in [-0.4, -0.2) is 46.0 Å². The molecule has 0 aliphatic rings. The number of hydrogen-bond acceptors (Lipinski definition) is 3. The summed E-state index contributed by atoms with van der Waals surface area (Å²) in [7, 11) is 1.61. The van der Waals surface area contributed by atoms with Crippen LogP contribution in [0.15, 0.2) is 0 Å². The molecule has 0 bridgehead atoms. The van der Waals surface area contributed by atoms with E-state index < -0.39 is 0 Å². The molecule has 1 aromatic rings. The number of carbonyl (C=O) groups is 2. The fraction of sp³-hybridized carbons (Fsp3) is 0.615. The Kier molecular flexibility index (Phi) is 4.34. The predicted octanol–water partition coefficient (Wildman–Crippen LogP) is 1.01. The topological polar surface area (TPSA) is 78.1 Å². The highest BCUT2D eigenvalue weighted by molar-refractivity contribution is 5.98. The second-order valence-corrected chi connectivity index (χ2v) is 5.77. The van der Waals surface area contributed by atoms with Gasteiger partial charge in [0.05, 0.1) is 17.8 Å². The third-order valence-corrected chi connectivity index (χ3v) is 2.58. The maximum atomic E-state index is 12.2. The predicted molar refractivity (Wildman–Crippen MR) is 72.9 cm³/mol. The normalized spacial score (nSPS) is 11.3. The quantitative estimate of drug-likeness (QED) is 0.857. The molecular weight excluding hydrogens is 244 g/mol.